The highest BCUT2D eigenvalue weighted by Crippen LogP contribution is 2.30. The van der Waals surface area contributed by atoms with Crippen molar-refractivity contribution in [3.05, 3.63) is 0 Å². The molecule has 106 valence electrons. The van der Waals surface area contributed by atoms with Crippen molar-refractivity contribution in [1.29, 1.82) is 0 Å². The summed E-state index contributed by atoms with van der Waals surface area (Å²) in [6.07, 6.45) is 8.24. The summed E-state index contributed by atoms with van der Waals surface area (Å²) < 4.78 is 0. The summed E-state index contributed by atoms with van der Waals surface area (Å²) in [7, 11) is 0. The predicted molar refractivity (Wildman–Crippen MR) is 74.3 cm³/mol. The van der Waals surface area contributed by atoms with Crippen LogP contribution >= 0.6 is 0 Å². The van der Waals surface area contributed by atoms with E-state index in [2.05, 4.69) is 12.2 Å². The summed E-state index contributed by atoms with van der Waals surface area (Å²) in [4.78, 5) is 12.4. The second-order valence-electron chi connectivity index (χ2n) is 6.30. The molecule has 18 heavy (non-hydrogen) atoms. The maximum absolute atomic E-state index is 12.4. The molecule has 0 aromatic carbocycles. The summed E-state index contributed by atoms with van der Waals surface area (Å²) in [6, 6.07) is 0. The molecule has 1 aliphatic rings. The first-order valence-corrected chi connectivity index (χ1v) is 7.43. The average molecular weight is 255 g/mol. The molecule has 0 saturated heterocycles. The predicted octanol–water partition coefficient (Wildman–Crippen LogP) is 2.87. The Labute approximate surface area is 111 Å². The van der Waals surface area contributed by atoms with E-state index in [1.807, 2.05) is 13.8 Å². The molecule has 0 heterocycles. The van der Waals surface area contributed by atoms with Crippen molar-refractivity contribution in [2.45, 2.75) is 71.3 Å². The van der Waals surface area contributed by atoms with E-state index in [1.165, 1.54) is 25.7 Å². The zero-order chi connectivity index (χ0) is 13.6. The molecule has 1 amide bonds. The number of rotatable bonds is 4. The molecule has 2 N–H and O–H groups in total. The van der Waals surface area contributed by atoms with E-state index >= 15 is 0 Å². The fourth-order valence-electron chi connectivity index (χ4n) is 2.86. The monoisotopic (exact) mass is 255 g/mol. The van der Waals surface area contributed by atoms with Crippen molar-refractivity contribution >= 4 is 5.91 Å². The summed E-state index contributed by atoms with van der Waals surface area (Å²) in [5.41, 5.74) is -0.502. The number of nitrogens with one attached hydrogen (secondary N) is 1. The highest BCUT2D eigenvalue weighted by Gasteiger charge is 2.30. The Morgan fingerprint density at radius 2 is 1.83 bits per heavy atom. The van der Waals surface area contributed by atoms with Gasteiger partial charge in [-0.3, -0.25) is 4.79 Å². The van der Waals surface area contributed by atoms with Gasteiger partial charge in [-0.25, -0.2) is 0 Å². The smallest absolute Gasteiger partial charge is 0.223 e. The molecule has 0 aromatic rings. The van der Waals surface area contributed by atoms with Crippen molar-refractivity contribution in [2.24, 2.45) is 11.8 Å². The quantitative estimate of drug-likeness (QED) is 0.811. The Bertz CT molecular complexity index is 263. The van der Waals surface area contributed by atoms with Crippen molar-refractivity contribution in [3.63, 3.8) is 0 Å². The van der Waals surface area contributed by atoms with Crippen LogP contribution < -0.4 is 5.32 Å². The minimum Gasteiger partial charge on any atom is -0.394 e. The van der Waals surface area contributed by atoms with Gasteiger partial charge >= 0.3 is 0 Å². The van der Waals surface area contributed by atoms with Crippen molar-refractivity contribution < 1.29 is 9.90 Å². The lowest BCUT2D eigenvalue weighted by atomic mass is 9.79. The van der Waals surface area contributed by atoms with E-state index in [1.54, 1.807) is 0 Å². The van der Waals surface area contributed by atoms with Gasteiger partial charge < -0.3 is 10.4 Å². The number of hydrogen-bond acceptors (Lipinski definition) is 2. The third-order valence-corrected chi connectivity index (χ3v) is 4.13. The van der Waals surface area contributed by atoms with E-state index < -0.39 is 5.54 Å². The molecule has 1 fully saturated rings. The molecule has 2 atom stereocenters. The number of amides is 1. The van der Waals surface area contributed by atoms with Gasteiger partial charge in [0.15, 0.2) is 0 Å². The van der Waals surface area contributed by atoms with Gasteiger partial charge in [0.2, 0.25) is 5.91 Å². The highest BCUT2D eigenvalue weighted by atomic mass is 16.3. The van der Waals surface area contributed by atoms with Crippen LogP contribution in [0.3, 0.4) is 0 Å². The maximum atomic E-state index is 12.4. The molecule has 0 aliphatic heterocycles. The normalized spacial score (nSPS) is 26.2. The van der Waals surface area contributed by atoms with Gasteiger partial charge in [0.25, 0.3) is 0 Å². The number of carbonyl (C=O) groups is 1. The van der Waals surface area contributed by atoms with E-state index in [4.69, 9.17) is 0 Å². The highest BCUT2D eigenvalue weighted by molar-refractivity contribution is 5.79. The van der Waals surface area contributed by atoms with Crippen molar-refractivity contribution in [3.8, 4) is 0 Å². The zero-order valence-corrected chi connectivity index (χ0v) is 12.2. The first-order valence-electron chi connectivity index (χ1n) is 7.43. The lowest BCUT2D eigenvalue weighted by Gasteiger charge is -2.31. The molecule has 1 rings (SSSR count). The van der Waals surface area contributed by atoms with Gasteiger partial charge in [0, 0.05) is 5.92 Å². The molecule has 1 saturated carbocycles. The van der Waals surface area contributed by atoms with Gasteiger partial charge in [0.05, 0.1) is 12.1 Å². The maximum Gasteiger partial charge on any atom is 0.223 e. The zero-order valence-electron chi connectivity index (χ0n) is 12.2. The Hall–Kier alpha value is -0.570. The first-order chi connectivity index (χ1) is 8.50. The van der Waals surface area contributed by atoms with Crippen LogP contribution in [0.1, 0.15) is 65.7 Å². The van der Waals surface area contributed by atoms with Crippen LogP contribution in [0.2, 0.25) is 0 Å². The molecule has 0 radical (unpaired) electrons. The van der Waals surface area contributed by atoms with Gasteiger partial charge in [-0.05, 0) is 32.6 Å². The Kier molecular flexibility index (Phi) is 6.13. The minimum atomic E-state index is -0.502. The second kappa shape index (κ2) is 7.13. The lowest BCUT2D eigenvalue weighted by Crippen LogP contribution is -2.49. The standard InChI is InChI=1S/C15H29NO2/c1-4-12-9-7-5-6-8-10-13(12)14(18)16-15(2,3)11-17/h12-13,17H,4-11H2,1-3H3,(H,16,18). The molecular weight excluding hydrogens is 226 g/mol. The van der Waals surface area contributed by atoms with E-state index in [0.29, 0.717) is 5.92 Å². The van der Waals surface area contributed by atoms with E-state index in [-0.39, 0.29) is 18.4 Å². The van der Waals surface area contributed by atoms with Gasteiger partial charge in [-0.2, -0.15) is 0 Å². The third-order valence-electron chi connectivity index (χ3n) is 4.13. The Morgan fingerprint density at radius 1 is 1.22 bits per heavy atom. The van der Waals surface area contributed by atoms with Crippen LogP contribution in [0, 0.1) is 11.8 Å². The van der Waals surface area contributed by atoms with Crippen LogP contribution in [0.4, 0.5) is 0 Å². The molecule has 0 spiro atoms. The lowest BCUT2D eigenvalue weighted by molar-refractivity contribution is -0.129. The summed E-state index contributed by atoms with van der Waals surface area (Å²) in [5.74, 6) is 0.795. The number of aliphatic hydroxyl groups is 1. The van der Waals surface area contributed by atoms with Crippen LogP contribution in [0.25, 0.3) is 0 Å². The van der Waals surface area contributed by atoms with Crippen LogP contribution in [0.5, 0.6) is 0 Å². The molecule has 2 unspecified atom stereocenters. The van der Waals surface area contributed by atoms with Crippen molar-refractivity contribution in [1.82, 2.24) is 5.32 Å². The Morgan fingerprint density at radius 3 is 2.39 bits per heavy atom. The van der Waals surface area contributed by atoms with Crippen LogP contribution in [0.15, 0.2) is 0 Å². The minimum absolute atomic E-state index is 0.0117. The summed E-state index contributed by atoms with van der Waals surface area (Å²) in [5, 5.41) is 12.2. The largest absolute Gasteiger partial charge is 0.394 e. The molecular formula is C15H29NO2. The molecule has 3 heteroatoms. The first kappa shape index (κ1) is 15.5. The van der Waals surface area contributed by atoms with Gasteiger partial charge in [0.1, 0.15) is 0 Å². The van der Waals surface area contributed by atoms with Crippen LogP contribution in [-0.4, -0.2) is 23.2 Å². The topological polar surface area (TPSA) is 49.3 Å². The average Bonchev–Trinajstić information content (AvgIpc) is 2.28. The molecule has 0 aromatic heterocycles. The fraction of sp³-hybridized carbons (Fsp3) is 0.933. The second-order valence-corrected chi connectivity index (χ2v) is 6.30. The van der Waals surface area contributed by atoms with E-state index in [9.17, 15) is 9.90 Å². The number of aliphatic hydroxyl groups excluding tert-OH is 1. The number of hydrogen-bond donors (Lipinski definition) is 2. The third kappa shape index (κ3) is 4.60. The van der Waals surface area contributed by atoms with E-state index in [0.717, 1.165) is 19.3 Å². The molecule has 3 nitrogen and oxygen atoms in total. The molecule has 1 aliphatic carbocycles. The van der Waals surface area contributed by atoms with Gasteiger partial charge in [-0.15, -0.1) is 0 Å². The summed E-state index contributed by atoms with van der Waals surface area (Å²) in [6.45, 7) is 5.91. The Balaban J connectivity index is 2.65. The van der Waals surface area contributed by atoms with Crippen molar-refractivity contribution in [2.75, 3.05) is 6.61 Å². The van der Waals surface area contributed by atoms with Gasteiger partial charge in [-0.1, -0.05) is 39.0 Å². The van der Waals surface area contributed by atoms with Crippen LogP contribution in [-0.2, 0) is 4.79 Å². The number of carbonyl (C=O) groups excluding carboxylic acids is 1. The molecule has 0 bridgehead atoms. The SMILES string of the molecule is CCC1CCCCCCC1C(=O)NC(C)(C)CO. The summed E-state index contributed by atoms with van der Waals surface area (Å²) >= 11 is 0. The fourth-order valence-corrected chi connectivity index (χ4v) is 2.86.